The molecule has 4 heteroatoms. The van der Waals surface area contributed by atoms with E-state index in [4.69, 9.17) is 4.74 Å². The monoisotopic (exact) mass is 242 g/mol. The quantitative estimate of drug-likeness (QED) is 0.738. The maximum Gasteiger partial charge on any atom is 0.234 e. The minimum absolute atomic E-state index is 0.0796. The fourth-order valence-corrected chi connectivity index (χ4v) is 2.28. The molecule has 17 heavy (non-hydrogen) atoms. The first-order valence-electron chi connectivity index (χ1n) is 6.47. The second-order valence-electron chi connectivity index (χ2n) is 5.59. The van der Waals surface area contributed by atoms with Crippen LogP contribution in [0.15, 0.2) is 0 Å². The molecular weight excluding hydrogens is 216 g/mol. The molecule has 4 nitrogen and oxygen atoms in total. The molecule has 2 N–H and O–H groups in total. The molecule has 3 atom stereocenters. The van der Waals surface area contributed by atoms with E-state index in [1.165, 1.54) is 0 Å². The molecule has 0 radical (unpaired) electrons. The molecule has 0 heterocycles. The van der Waals surface area contributed by atoms with Crippen LogP contribution in [0.3, 0.4) is 0 Å². The summed E-state index contributed by atoms with van der Waals surface area (Å²) in [5.41, 5.74) is 0.116. The van der Waals surface area contributed by atoms with Crippen molar-refractivity contribution < 1.29 is 9.53 Å². The van der Waals surface area contributed by atoms with Gasteiger partial charge in [-0.25, -0.2) is 0 Å². The molecule has 0 aromatic heterocycles. The number of carbonyl (C=O) groups excluding carboxylic acids is 1. The molecule has 100 valence electrons. The van der Waals surface area contributed by atoms with Crippen LogP contribution < -0.4 is 10.6 Å². The van der Waals surface area contributed by atoms with Gasteiger partial charge in [0.2, 0.25) is 5.91 Å². The molecule has 1 saturated carbocycles. The Kier molecular flexibility index (Phi) is 4.95. The molecular formula is C13H26N2O2. The highest BCUT2D eigenvalue weighted by Gasteiger charge is 2.48. The lowest BCUT2D eigenvalue weighted by molar-refractivity contribution is -0.124. The number of ether oxygens (including phenoxy) is 1. The number of methoxy groups -OCH3 is 1. The zero-order chi connectivity index (χ0) is 13.1. The van der Waals surface area contributed by atoms with Gasteiger partial charge >= 0.3 is 0 Å². The molecule has 1 rings (SSSR count). The summed E-state index contributed by atoms with van der Waals surface area (Å²) in [6, 6.07) is 0.626. The highest BCUT2D eigenvalue weighted by molar-refractivity contribution is 5.78. The Morgan fingerprint density at radius 1 is 1.53 bits per heavy atom. The van der Waals surface area contributed by atoms with Gasteiger partial charge < -0.3 is 15.4 Å². The number of hydrogen-bond donors (Lipinski definition) is 2. The summed E-state index contributed by atoms with van der Waals surface area (Å²) >= 11 is 0. The maximum atomic E-state index is 11.6. The van der Waals surface area contributed by atoms with Crippen molar-refractivity contribution in [3.63, 3.8) is 0 Å². The van der Waals surface area contributed by atoms with E-state index in [0.717, 1.165) is 12.8 Å². The fraction of sp³-hybridized carbons (Fsp3) is 0.923. The van der Waals surface area contributed by atoms with Crippen molar-refractivity contribution in [2.75, 3.05) is 13.7 Å². The number of amides is 1. The molecule has 0 aliphatic heterocycles. The van der Waals surface area contributed by atoms with E-state index < -0.39 is 0 Å². The van der Waals surface area contributed by atoms with Crippen molar-refractivity contribution in [1.29, 1.82) is 0 Å². The van der Waals surface area contributed by atoms with Crippen LogP contribution in [0.25, 0.3) is 0 Å². The summed E-state index contributed by atoms with van der Waals surface area (Å²) in [4.78, 5) is 11.6. The van der Waals surface area contributed by atoms with Gasteiger partial charge in [-0.15, -0.1) is 0 Å². The summed E-state index contributed by atoms with van der Waals surface area (Å²) in [5.74, 6) is 0.0796. The van der Waals surface area contributed by atoms with Gasteiger partial charge in [0.05, 0.1) is 12.6 Å². The fourth-order valence-electron chi connectivity index (χ4n) is 2.28. The molecule has 1 fully saturated rings. The zero-order valence-corrected chi connectivity index (χ0v) is 11.7. The third-order valence-electron chi connectivity index (χ3n) is 3.99. The molecule has 1 aliphatic rings. The summed E-state index contributed by atoms with van der Waals surface area (Å²) < 4.78 is 5.38. The van der Waals surface area contributed by atoms with Gasteiger partial charge in [-0.2, -0.15) is 0 Å². The van der Waals surface area contributed by atoms with Crippen LogP contribution in [0.2, 0.25) is 0 Å². The Hall–Kier alpha value is -0.610. The summed E-state index contributed by atoms with van der Waals surface area (Å²) in [7, 11) is 1.75. The van der Waals surface area contributed by atoms with Gasteiger partial charge in [0.25, 0.3) is 0 Å². The maximum absolute atomic E-state index is 11.6. The first-order chi connectivity index (χ1) is 7.91. The van der Waals surface area contributed by atoms with Gasteiger partial charge in [0, 0.05) is 24.6 Å². The number of nitrogens with one attached hydrogen (secondary N) is 2. The predicted octanol–water partition coefficient (Wildman–Crippen LogP) is 1.30. The highest BCUT2D eigenvalue weighted by Crippen LogP contribution is 2.42. The molecule has 0 aromatic rings. The Morgan fingerprint density at radius 2 is 2.18 bits per heavy atom. The van der Waals surface area contributed by atoms with Gasteiger partial charge in [-0.05, 0) is 19.8 Å². The van der Waals surface area contributed by atoms with E-state index >= 15 is 0 Å². The Labute approximate surface area is 104 Å². The second-order valence-corrected chi connectivity index (χ2v) is 5.59. The van der Waals surface area contributed by atoms with Crippen molar-refractivity contribution in [3.05, 3.63) is 0 Å². The van der Waals surface area contributed by atoms with Gasteiger partial charge in [0.1, 0.15) is 0 Å². The first-order valence-corrected chi connectivity index (χ1v) is 6.47. The Bertz CT molecular complexity index is 266. The minimum atomic E-state index is 0.0796. The third-order valence-corrected chi connectivity index (χ3v) is 3.99. The van der Waals surface area contributed by atoms with Gasteiger partial charge in [-0.1, -0.05) is 20.8 Å². The van der Waals surface area contributed by atoms with E-state index in [9.17, 15) is 4.79 Å². The predicted molar refractivity (Wildman–Crippen MR) is 68.9 cm³/mol. The Balaban J connectivity index is 2.26. The van der Waals surface area contributed by atoms with E-state index in [1.54, 1.807) is 7.11 Å². The molecule has 3 unspecified atom stereocenters. The van der Waals surface area contributed by atoms with Crippen LogP contribution in [-0.4, -0.2) is 37.7 Å². The lowest BCUT2D eigenvalue weighted by atomic mass is 9.64. The summed E-state index contributed by atoms with van der Waals surface area (Å²) in [6.45, 7) is 8.83. The van der Waals surface area contributed by atoms with Crippen molar-refractivity contribution in [2.24, 2.45) is 5.41 Å². The van der Waals surface area contributed by atoms with Crippen LogP contribution in [0.4, 0.5) is 0 Å². The summed E-state index contributed by atoms with van der Waals surface area (Å²) in [6.07, 6.45) is 2.25. The van der Waals surface area contributed by atoms with E-state index in [0.29, 0.717) is 18.7 Å². The van der Waals surface area contributed by atoms with Gasteiger partial charge in [0.15, 0.2) is 0 Å². The molecule has 1 aliphatic carbocycles. The van der Waals surface area contributed by atoms with Crippen LogP contribution in [0.1, 0.15) is 40.5 Å². The number of rotatable bonds is 6. The third kappa shape index (κ3) is 3.42. The van der Waals surface area contributed by atoms with E-state index in [2.05, 4.69) is 31.4 Å². The van der Waals surface area contributed by atoms with Crippen molar-refractivity contribution in [1.82, 2.24) is 10.6 Å². The zero-order valence-electron chi connectivity index (χ0n) is 11.7. The van der Waals surface area contributed by atoms with E-state index in [-0.39, 0.29) is 17.4 Å². The number of carbonyl (C=O) groups is 1. The van der Waals surface area contributed by atoms with Crippen molar-refractivity contribution in [3.8, 4) is 0 Å². The average Bonchev–Trinajstić information content (AvgIpc) is 2.27. The Morgan fingerprint density at radius 3 is 2.65 bits per heavy atom. The van der Waals surface area contributed by atoms with E-state index in [1.807, 2.05) is 6.92 Å². The standard InChI is InChI=1S/C13H26N2O2/c1-6-9(2)15-12(16)8-14-10-7-11(17-5)13(10,3)4/h9-11,14H,6-8H2,1-5H3,(H,15,16). The molecule has 0 bridgehead atoms. The first kappa shape index (κ1) is 14.5. The van der Waals surface area contributed by atoms with Crippen molar-refractivity contribution in [2.45, 2.75) is 58.7 Å². The smallest absolute Gasteiger partial charge is 0.234 e. The molecule has 1 amide bonds. The molecule has 0 aromatic carbocycles. The minimum Gasteiger partial charge on any atom is -0.381 e. The molecule has 0 saturated heterocycles. The number of hydrogen-bond acceptors (Lipinski definition) is 3. The van der Waals surface area contributed by atoms with Crippen LogP contribution in [0, 0.1) is 5.41 Å². The lowest BCUT2D eigenvalue weighted by Crippen LogP contribution is -2.61. The normalized spacial score (nSPS) is 28.3. The second kappa shape index (κ2) is 5.83. The van der Waals surface area contributed by atoms with Crippen LogP contribution >= 0.6 is 0 Å². The summed E-state index contributed by atoms with van der Waals surface area (Å²) in [5, 5.41) is 6.26. The topological polar surface area (TPSA) is 50.4 Å². The highest BCUT2D eigenvalue weighted by atomic mass is 16.5. The van der Waals surface area contributed by atoms with Crippen LogP contribution in [0.5, 0.6) is 0 Å². The largest absolute Gasteiger partial charge is 0.381 e. The SMILES string of the molecule is CCC(C)NC(=O)CNC1CC(OC)C1(C)C. The molecule has 0 spiro atoms. The lowest BCUT2D eigenvalue weighted by Gasteiger charge is -2.51. The van der Waals surface area contributed by atoms with Gasteiger partial charge in [-0.3, -0.25) is 4.79 Å². The van der Waals surface area contributed by atoms with Crippen LogP contribution in [-0.2, 0) is 9.53 Å². The van der Waals surface area contributed by atoms with Crippen molar-refractivity contribution >= 4 is 5.91 Å². The average molecular weight is 242 g/mol.